The summed E-state index contributed by atoms with van der Waals surface area (Å²) in [5.41, 5.74) is 8.62. The number of ether oxygens (including phenoxy) is 1. The average Bonchev–Trinajstić information content (AvgIpc) is 3.47. The van der Waals surface area contributed by atoms with E-state index >= 15 is 0 Å². The molecule has 42 heavy (non-hydrogen) atoms. The Labute approximate surface area is 243 Å². The van der Waals surface area contributed by atoms with Crippen LogP contribution in [0, 0.1) is 0 Å². The number of hydrogen-bond acceptors (Lipinski definition) is 6. The fourth-order valence-electron chi connectivity index (χ4n) is 5.64. The molecule has 0 atom stereocenters. The summed E-state index contributed by atoms with van der Waals surface area (Å²) in [6.45, 7) is 8.33. The summed E-state index contributed by atoms with van der Waals surface area (Å²) in [4.78, 5) is 35.1. The summed E-state index contributed by atoms with van der Waals surface area (Å²) in [5, 5.41) is 9.77. The van der Waals surface area contributed by atoms with Crippen LogP contribution in [0.4, 0.5) is 11.4 Å². The molecular weight excluding hydrogens is 530 g/mol. The number of hydrogen-bond donors (Lipinski definition) is 1. The Hall–Kier alpha value is -5.20. The van der Waals surface area contributed by atoms with Crippen molar-refractivity contribution in [1.82, 2.24) is 9.55 Å². The molecule has 5 aromatic rings. The lowest BCUT2D eigenvalue weighted by Crippen LogP contribution is -2.24. The average molecular weight is 562 g/mol. The number of aromatic nitrogens is 2. The van der Waals surface area contributed by atoms with Gasteiger partial charge in [0.15, 0.2) is 0 Å². The number of nitrogens with zero attached hydrogens (tertiary/aromatic N) is 3. The first-order chi connectivity index (χ1) is 20.3. The van der Waals surface area contributed by atoms with Crippen LogP contribution < -0.4 is 9.64 Å². The van der Waals surface area contributed by atoms with Gasteiger partial charge in [0, 0.05) is 23.3 Å². The number of carbonyl (C=O) groups is 1. The number of benzene rings is 4. The lowest BCUT2D eigenvalue weighted by molar-refractivity contribution is -0.191. The third kappa shape index (κ3) is 5.40. The number of rotatable bonds is 7. The number of anilines is 2. The third-order valence-corrected chi connectivity index (χ3v) is 7.50. The molecule has 1 aliphatic heterocycles. The molecule has 8 nitrogen and oxygen atoms in total. The Morgan fingerprint density at radius 1 is 0.952 bits per heavy atom. The minimum atomic E-state index is -0.982. The standard InChI is InChI=1S/C33H31N3O3.CO2/c1-4-39-32-34-28-13-8-11-26(31(37)38)30(28)35(32)20-22-15-17-23(18-16-22)24-9-7-10-25(19-24)36-21-33(2,3)27-12-5-6-14-29(27)36;2-1-3/h5-19H,4,20-21H2,1-3H3,(H,37,38);. The van der Waals surface area contributed by atoms with E-state index in [1.54, 1.807) is 12.1 Å². The van der Waals surface area contributed by atoms with Crippen molar-refractivity contribution in [3.05, 3.63) is 108 Å². The molecule has 1 N–H and O–H groups in total. The molecule has 0 fully saturated rings. The van der Waals surface area contributed by atoms with Crippen LogP contribution in [0.1, 0.15) is 42.3 Å². The first kappa shape index (κ1) is 28.3. The van der Waals surface area contributed by atoms with Gasteiger partial charge in [-0.2, -0.15) is 14.6 Å². The zero-order valence-corrected chi connectivity index (χ0v) is 23.7. The van der Waals surface area contributed by atoms with Gasteiger partial charge in [-0.15, -0.1) is 0 Å². The second-order valence-electron chi connectivity index (χ2n) is 10.7. The van der Waals surface area contributed by atoms with Crippen molar-refractivity contribution < 1.29 is 24.2 Å². The van der Waals surface area contributed by atoms with Crippen molar-refractivity contribution in [3.63, 3.8) is 0 Å². The van der Waals surface area contributed by atoms with Gasteiger partial charge in [0.2, 0.25) is 0 Å². The van der Waals surface area contributed by atoms with Crippen molar-refractivity contribution in [2.24, 2.45) is 0 Å². The summed E-state index contributed by atoms with van der Waals surface area (Å²) < 4.78 is 7.63. The number of aromatic carboxylic acids is 1. The number of carboxylic acids is 1. The Morgan fingerprint density at radius 3 is 2.38 bits per heavy atom. The lowest BCUT2D eigenvalue weighted by atomic mass is 9.87. The van der Waals surface area contributed by atoms with Crippen LogP contribution in [0.15, 0.2) is 91.0 Å². The topological polar surface area (TPSA) is 102 Å². The van der Waals surface area contributed by atoms with Gasteiger partial charge in [-0.1, -0.05) is 74.5 Å². The van der Waals surface area contributed by atoms with Gasteiger partial charge < -0.3 is 14.7 Å². The van der Waals surface area contributed by atoms with E-state index in [4.69, 9.17) is 14.3 Å². The summed E-state index contributed by atoms with van der Waals surface area (Å²) >= 11 is 0. The van der Waals surface area contributed by atoms with E-state index < -0.39 is 5.97 Å². The summed E-state index contributed by atoms with van der Waals surface area (Å²) in [5.74, 6) is -0.982. The number of imidazole rings is 1. The van der Waals surface area contributed by atoms with Gasteiger partial charge in [0.1, 0.15) is 0 Å². The molecule has 0 saturated heterocycles. The molecule has 0 amide bonds. The van der Waals surface area contributed by atoms with Gasteiger partial charge in [-0.3, -0.25) is 4.57 Å². The molecule has 0 unspecified atom stereocenters. The quantitative estimate of drug-likeness (QED) is 0.236. The Bertz CT molecular complexity index is 1780. The first-order valence-corrected chi connectivity index (χ1v) is 13.7. The fourth-order valence-corrected chi connectivity index (χ4v) is 5.64. The maximum absolute atomic E-state index is 11.9. The normalized spacial score (nSPS) is 13.2. The zero-order valence-electron chi connectivity index (χ0n) is 23.7. The third-order valence-electron chi connectivity index (χ3n) is 7.50. The molecule has 0 radical (unpaired) electrons. The fraction of sp³-hybridized carbons (Fsp3) is 0.206. The highest BCUT2D eigenvalue weighted by Crippen LogP contribution is 2.44. The smallest absolute Gasteiger partial charge is 0.373 e. The number of carboxylic acid groups (broad SMARTS) is 1. The molecule has 2 heterocycles. The first-order valence-electron chi connectivity index (χ1n) is 13.7. The minimum Gasteiger partial charge on any atom is -0.478 e. The molecule has 0 bridgehead atoms. The largest absolute Gasteiger partial charge is 0.478 e. The highest BCUT2D eigenvalue weighted by atomic mass is 16.5. The molecule has 212 valence electrons. The van der Waals surface area contributed by atoms with Crippen molar-refractivity contribution in [1.29, 1.82) is 0 Å². The van der Waals surface area contributed by atoms with Gasteiger partial charge in [-0.05, 0) is 59.5 Å². The molecule has 0 aliphatic carbocycles. The van der Waals surface area contributed by atoms with Crippen LogP contribution in [0.25, 0.3) is 22.2 Å². The molecule has 0 spiro atoms. The van der Waals surface area contributed by atoms with E-state index in [0.717, 1.165) is 23.2 Å². The van der Waals surface area contributed by atoms with Crippen LogP contribution >= 0.6 is 0 Å². The van der Waals surface area contributed by atoms with Crippen molar-refractivity contribution >= 4 is 34.5 Å². The zero-order chi connectivity index (χ0) is 29.9. The number of carbonyl (C=O) groups excluding carboxylic acids is 2. The van der Waals surface area contributed by atoms with E-state index in [1.165, 1.54) is 16.9 Å². The second-order valence-corrected chi connectivity index (χ2v) is 10.7. The second kappa shape index (κ2) is 11.7. The van der Waals surface area contributed by atoms with E-state index in [-0.39, 0.29) is 17.1 Å². The molecule has 6 rings (SSSR count). The Kier molecular flexibility index (Phi) is 7.91. The van der Waals surface area contributed by atoms with Gasteiger partial charge in [-0.25, -0.2) is 4.79 Å². The summed E-state index contributed by atoms with van der Waals surface area (Å²) in [7, 11) is 0. The number of para-hydroxylation sites is 2. The van der Waals surface area contributed by atoms with E-state index in [2.05, 4.69) is 96.5 Å². The minimum absolute atomic E-state index is 0.0899. The van der Waals surface area contributed by atoms with Crippen LogP contribution in [0.3, 0.4) is 0 Å². The van der Waals surface area contributed by atoms with E-state index in [9.17, 15) is 9.90 Å². The SMILES string of the molecule is CCOc1nc2cccc(C(=O)O)c2n1Cc1ccc(-c2cccc(N3CC(C)(C)c4ccccc43)c2)cc1.O=C=O. The molecule has 8 heteroatoms. The highest BCUT2D eigenvalue weighted by molar-refractivity contribution is 6.01. The van der Waals surface area contributed by atoms with Crippen molar-refractivity contribution in [3.8, 4) is 17.1 Å². The Balaban J connectivity index is 0.00000113. The molecule has 1 aromatic heterocycles. The monoisotopic (exact) mass is 561 g/mol. The van der Waals surface area contributed by atoms with Crippen LogP contribution in [-0.4, -0.2) is 39.9 Å². The lowest BCUT2D eigenvalue weighted by Gasteiger charge is -2.23. The van der Waals surface area contributed by atoms with E-state index in [0.29, 0.717) is 30.2 Å². The summed E-state index contributed by atoms with van der Waals surface area (Å²) in [6.07, 6.45) is 0.250. The van der Waals surface area contributed by atoms with Crippen LogP contribution in [0.5, 0.6) is 6.01 Å². The highest BCUT2D eigenvalue weighted by Gasteiger charge is 2.35. The number of fused-ring (bicyclic) bond motifs is 2. The van der Waals surface area contributed by atoms with Gasteiger partial charge in [0.05, 0.1) is 29.7 Å². The van der Waals surface area contributed by atoms with Crippen LogP contribution in [0.2, 0.25) is 0 Å². The molecule has 1 aliphatic rings. The molecule has 4 aromatic carbocycles. The predicted molar refractivity (Wildman–Crippen MR) is 160 cm³/mol. The van der Waals surface area contributed by atoms with Crippen LogP contribution in [-0.2, 0) is 21.5 Å². The maximum atomic E-state index is 11.9. The Morgan fingerprint density at radius 2 is 1.67 bits per heavy atom. The maximum Gasteiger partial charge on any atom is 0.373 e. The molecule has 0 saturated carbocycles. The summed E-state index contributed by atoms with van der Waals surface area (Å²) in [6, 6.07) is 31.3. The van der Waals surface area contributed by atoms with Crippen molar-refractivity contribution in [2.45, 2.75) is 32.7 Å². The molecular formula is C34H31N3O5. The van der Waals surface area contributed by atoms with Gasteiger partial charge in [0.25, 0.3) is 6.01 Å². The van der Waals surface area contributed by atoms with Gasteiger partial charge >= 0.3 is 12.1 Å². The van der Waals surface area contributed by atoms with Crippen molar-refractivity contribution in [2.75, 3.05) is 18.1 Å². The predicted octanol–water partition coefficient (Wildman–Crippen LogP) is 6.69. The van der Waals surface area contributed by atoms with E-state index in [1.807, 2.05) is 17.6 Å².